The molecule has 8 nitrogen and oxygen atoms in total. The highest BCUT2D eigenvalue weighted by Crippen LogP contribution is 2.50. The summed E-state index contributed by atoms with van der Waals surface area (Å²) in [7, 11) is 3.75. The number of halogens is 2. The highest BCUT2D eigenvalue weighted by molar-refractivity contribution is 6.43. The van der Waals surface area contributed by atoms with Gasteiger partial charge in [0.2, 0.25) is 0 Å². The third-order valence-electron chi connectivity index (χ3n) is 5.78. The Morgan fingerprint density at radius 2 is 1.94 bits per heavy atom. The van der Waals surface area contributed by atoms with Gasteiger partial charge in [0.15, 0.2) is 6.29 Å². The predicted molar refractivity (Wildman–Crippen MR) is 132 cm³/mol. The smallest absolute Gasteiger partial charge is 0.260 e. The number of amides is 1. The zero-order chi connectivity index (χ0) is 24.6. The van der Waals surface area contributed by atoms with Crippen LogP contribution in [0.1, 0.15) is 41.6 Å². The average Bonchev–Trinajstić information content (AvgIpc) is 2.73. The van der Waals surface area contributed by atoms with Gasteiger partial charge in [-0.2, -0.15) is 0 Å². The fourth-order valence-electron chi connectivity index (χ4n) is 4.35. The Labute approximate surface area is 204 Å². The van der Waals surface area contributed by atoms with E-state index in [9.17, 15) is 9.59 Å². The molecule has 1 spiro atoms. The maximum absolute atomic E-state index is 11.2. The molecule has 1 aromatic carbocycles. The molecule has 10 heteroatoms. The lowest BCUT2D eigenvalue weighted by Gasteiger charge is -2.58. The topological polar surface area (TPSA) is 132 Å². The van der Waals surface area contributed by atoms with Gasteiger partial charge >= 0.3 is 0 Å². The predicted octanol–water partition coefficient (Wildman–Crippen LogP) is 3.24. The Bertz CT molecular complexity index is 921. The number of aldehydes is 1. The molecule has 180 valence electrons. The molecule has 0 radical (unpaired) electrons. The van der Waals surface area contributed by atoms with E-state index in [0.717, 1.165) is 51.3 Å². The fourth-order valence-corrected chi connectivity index (χ4v) is 4.70. The highest BCUT2D eigenvalue weighted by Gasteiger charge is 2.53. The first kappa shape index (κ1) is 27.0. The Balaban J connectivity index is 0.00000122. The van der Waals surface area contributed by atoms with Crippen molar-refractivity contribution in [1.29, 1.82) is 10.8 Å². The maximum Gasteiger partial charge on any atom is 0.260 e. The number of benzene rings is 1. The minimum atomic E-state index is -0.703. The average molecular weight is 496 g/mol. The first-order valence-electron chi connectivity index (χ1n) is 10.7. The maximum atomic E-state index is 11.2. The second-order valence-corrected chi connectivity index (χ2v) is 9.23. The number of carbonyl (C=O) groups excluding carboxylic acids is 2. The Morgan fingerprint density at radius 3 is 2.45 bits per heavy atom. The van der Waals surface area contributed by atoms with Crippen molar-refractivity contribution in [2.24, 2.45) is 11.1 Å². The van der Waals surface area contributed by atoms with E-state index in [0.29, 0.717) is 34.6 Å². The van der Waals surface area contributed by atoms with Crippen LogP contribution in [0.2, 0.25) is 5.02 Å². The molecule has 2 fully saturated rings. The summed E-state index contributed by atoms with van der Waals surface area (Å²) >= 11 is 11.9. The van der Waals surface area contributed by atoms with E-state index in [-0.39, 0.29) is 22.1 Å². The van der Waals surface area contributed by atoms with Gasteiger partial charge in [0.25, 0.3) is 5.91 Å². The third kappa shape index (κ3) is 6.63. The van der Waals surface area contributed by atoms with Crippen LogP contribution >= 0.6 is 23.2 Å². The van der Waals surface area contributed by atoms with Gasteiger partial charge in [-0.25, -0.2) is 0 Å². The molecule has 33 heavy (non-hydrogen) atoms. The van der Waals surface area contributed by atoms with Crippen LogP contribution in [-0.2, 0) is 4.79 Å². The zero-order valence-electron chi connectivity index (χ0n) is 18.9. The van der Waals surface area contributed by atoms with Crippen molar-refractivity contribution in [2.45, 2.75) is 31.8 Å². The molecule has 0 atom stereocenters. The van der Waals surface area contributed by atoms with Crippen LogP contribution in [-0.4, -0.2) is 69.4 Å². The minimum Gasteiger partial charge on any atom is -0.490 e. The molecule has 1 aliphatic heterocycles. The number of rotatable bonds is 10. The van der Waals surface area contributed by atoms with Crippen LogP contribution in [0, 0.1) is 16.2 Å². The summed E-state index contributed by atoms with van der Waals surface area (Å²) in [6.45, 7) is 2.83. The molecule has 0 aromatic heterocycles. The monoisotopic (exact) mass is 495 g/mol. The Morgan fingerprint density at radius 1 is 1.30 bits per heavy atom. The van der Waals surface area contributed by atoms with Crippen molar-refractivity contribution in [3.05, 3.63) is 38.9 Å². The number of ether oxygens (including phenoxy) is 1. The first-order chi connectivity index (χ1) is 15.7. The summed E-state index contributed by atoms with van der Waals surface area (Å²) in [6.07, 6.45) is 6.11. The van der Waals surface area contributed by atoms with Gasteiger partial charge in [0.05, 0.1) is 11.1 Å². The quantitative estimate of drug-likeness (QED) is 0.224. The van der Waals surface area contributed by atoms with E-state index in [4.69, 9.17) is 44.5 Å². The van der Waals surface area contributed by atoms with Gasteiger partial charge in [-0.15, -0.1) is 0 Å². The summed E-state index contributed by atoms with van der Waals surface area (Å²) in [6, 6.07) is 3.33. The second kappa shape index (κ2) is 12.3. The first-order valence-corrected chi connectivity index (χ1v) is 11.4. The molecule has 5 N–H and O–H groups in total. The normalized spacial score (nSPS) is 17.6. The van der Waals surface area contributed by atoms with Gasteiger partial charge in [0, 0.05) is 42.1 Å². The Kier molecular flexibility index (Phi) is 10.0. The lowest BCUT2D eigenvalue weighted by atomic mass is 9.61. The van der Waals surface area contributed by atoms with E-state index in [1.165, 1.54) is 0 Å². The van der Waals surface area contributed by atoms with E-state index in [1.807, 2.05) is 14.1 Å². The van der Waals surface area contributed by atoms with Crippen LogP contribution in [0.5, 0.6) is 5.75 Å². The molecule has 0 bridgehead atoms. The number of carbonyl (C=O) groups is 2. The number of nitrogens with zero attached hydrogens (tertiary/aromatic N) is 1. The lowest BCUT2D eigenvalue weighted by molar-refractivity contribution is -0.119. The molecule has 1 saturated carbocycles. The standard InChI is InChI=1S/C21H24Cl2N4O3.C2H7N/c22-17-3-4-18(15(9-25)16(17)10-28)30-14-6-21(7-14)11-27(12-21)5-1-2-13(8-24)19(23)20(26)29;1-3-2/h3-4,8-10,14,24-25H,1-2,5-7,11-12H2,(H2,26,29);3H,1-2H3/b19-13+,24-8?,25-9?;. The number of hydrogen-bond donors (Lipinski definition) is 4. The van der Waals surface area contributed by atoms with E-state index in [1.54, 1.807) is 12.1 Å². The van der Waals surface area contributed by atoms with Crippen molar-refractivity contribution in [3.63, 3.8) is 0 Å². The van der Waals surface area contributed by atoms with Crippen molar-refractivity contribution in [1.82, 2.24) is 10.2 Å². The molecule has 1 aliphatic carbocycles. The van der Waals surface area contributed by atoms with Crippen LogP contribution in [0.15, 0.2) is 22.7 Å². The summed E-state index contributed by atoms with van der Waals surface area (Å²) in [5, 5.41) is 17.9. The lowest BCUT2D eigenvalue weighted by Crippen LogP contribution is -2.64. The third-order valence-corrected chi connectivity index (χ3v) is 6.54. The number of primary amides is 1. The van der Waals surface area contributed by atoms with Crippen LogP contribution in [0.25, 0.3) is 0 Å². The summed E-state index contributed by atoms with van der Waals surface area (Å²) in [5.74, 6) is -0.185. The Hall–Kier alpha value is -2.26. The van der Waals surface area contributed by atoms with Gasteiger partial charge in [-0.3, -0.25) is 9.59 Å². The summed E-state index contributed by atoms with van der Waals surface area (Å²) in [5.41, 5.74) is 6.59. The van der Waals surface area contributed by atoms with Crippen molar-refractivity contribution in [2.75, 3.05) is 33.7 Å². The van der Waals surface area contributed by atoms with Gasteiger partial charge in [-0.1, -0.05) is 23.2 Å². The second-order valence-electron chi connectivity index (χ2n) is 8.45. The summed E-state index contributed by atoms with van der Waals surface area (Å²) < 4.78 is 6.04. The van der Waals surface area contributed by atoms with E-state index in [2.05, 4.69) is 10.2 Å². The fraction of sp³-hybridized carbons (Fsp3) is 0.478. The molecule has 3 rings (SSSR count). The largest absolute Gasteiger partial charge is 0.490 e. The number of nitrogens with two attached hydrogens (primary N) is 1. The van der Waals surface area contributed by atoms with Gasteiger partial charge < -0.3 is 31.5 Å². The zero-order valence-corrected chi connectivity index (χ0v) is 20.4. The SMILES string of the molecule is CNC.N=C/C(CCCN1CC2(CC(Oc3ccc(Cl)c(C=O)c3C=N)C2)C1)=C(/Cl)C(N)=O. The van der Waals surface area contributed by atoms with Gasteiger partial charge in [0.1, 0.15) is 10.8 Å². The van der Waals surface area contributed by atoms with Crippen LogP contribution < -0.4 is 15.8 Å². The van der Waals surface area contributed by atoms with Crippen LogP contribution in [0.4, 0.5) is 0 Å². The summed E-state index contributed by atoms with van der Waals surface area (Å²) in [4.78, 5) is 24.7. The van der Waals surface area contributed by atoms with Gasteiger partial charge in [-0.05, 0) is 64.0 Å². The van der Waals surface area contributed by atoms with Crippen LogP contribution in [0.3, 0.4) is 0 Å². The number of likely N-dealkylation sites (tertiary alicyclic amines) is 1. The molecule has 1 heterocycles. The van der Waals surface area contributed by atoms with E-state index >= 15 is 0 Å². The number of allylic oxidation sites excluding steroid dienone is 1. The molecule has 1 aromatic rings. The highest BCUT2D eigenvalue weighted by atomic mass is 35.5. The van der Waals surface area contributed by atoms with Crippen molar-refractivity contribution >= 4 is 47.8 Å². The molecule has 2 aliphatic rings. The minimum absolute atomic E-state index is 0.0618. The molecular formula is C23H31Cl2N5O3. The molecule has 1 amide bonds. The van der Waals surface area contributed by atoms with Crippen molar-refractivity contribution < 1.29 is 14.3 Å². The number of nitrogens with one attached hydrogen (secondary N) is 3. The van der Waals surface area contributed by atoms with E-state index < -0.39 is 5.91 Å². The number of hydrogen-bond acceptors (Lipinski definition) is 7. The molecular weight excluding hydrogens is 465 g/mol. The van der Waals surface area contributed by atoms with Crippen molar-refractivity contribution in [3.8, 4) is 5.75 Å². The molecule has 0 unspecified atom stereocenters. The molecule has 1 saturated heterocycles.